The van der Waals surface area contributed by atoms with Gasteiger partial charge in [0.1, 0.15) is 11.6 Å². The number of anilines is 1. The summed E-state index contributed by atoms with van der Waals surface area (Å²) in [7, 11) is 3.47. The zero-order valence-corrected chi connectivity index (χ0v) is 10.7. The third kappa shape index (κ3) is 2.08. The second kappa shape index (κ2) is 4.30. The highest BCUT2D eigenvalue weighted by Crippen LogP contribution is 2.35. The SMILES string of the molecule is COc1c(C)cc(Cl)cc1-c1cc(N)nn1C. The number of ether oxygens (including phenoxy) is 1. The lowest BCUT2D eigenvalue weighted by Crippen LogP contribution is -1.98. The predicted octanol–water partition coefficient (Wildman–Crippen LogP) is 2.64. The van der Waals surface area contributed by atoms with Crippen molar-refractivity contribution in [3.8, 4) is 17.0 Å². The van der Waals surface area contributed by atoms with E-state index in [0.717, 1.165) is 22.6 Å². The standard InChI is InChI=1S/C12H14ClN3O/c1-7-4-8(13)5-9(12(7)17-3)10-6-11(14)15-16(10)2/h4-6H,1-3H3,(H2,14,15). The van der Waals surface area contributed by atoms with Crippen molar-refractivity contribution in [3.05, 3.63) is 28.8 Å². The van der Waals surface area contributed by atoms with Crippen LogP contribution in [0.2, 0.25) is 5.02 Å². The average molecular weight is 252 g/mol. The molecular weight excluding hydrogens is 238 g/mol. The lowest BCUT2D eigenvalue weighted by molar-refractivity contribution is 0.413. The van der Waals surface area contributed by atoms with Gasteiger partial charge in [-0.05, 0) is 24.6 Å². The van der Waals surface area contributed by atoms with E-state index in [9.17, 15) is 0 Å². The van der Waals surface area contributed by atoms with Gasteiger partial charge in [0.25, 0.3) is 0 Å². The Morgan fingerprint density at radius 1 is 1.35 bits per heavy atom. The Balaban J connectivity index is 2.69. The van der Waals surface area contributed by atoms with E-state index < -0.39 is 0 Å². The molecule has 0 fully saturated rings. The molecule has 2 aromatic rings. The molecule has 4 nitrogen and oxygen atoms in total. The molecule has 0 saturated carbocycles. The van der Waals surface area contributed by atoms with E-state index in [1.54, 1.807) is 17.9 Å². The van der Waals surface area contributed by atoms with Gasteiger partial charge in [-0.1, -0.05) is 11.6 Å². The van der Waals surface area contributed by atoms with Crippen molar-refractivity contribution in [1.29, 1.82) is 0 Å². The molecule has 2 rings (SSSR count). The van der Waals surface area contributed by atoms with Gasteiger partial charge in [0.2, 0.25) is 0 Å². The average Bonchev–Trinajstić information content (AvgIpc) is 2.56. The molecule has 90 valence electrons. The molecule has 0 unspecified atom stereocenters. The zero-order chi connectivity index (χ0) is 12.6. The van der Waals surface area contributed by atoms with Crippen molar-refractivity contribution in [2.75, 3.05) is 12.8 Å². The fraction of sp³-hybridized carbons (Fsp3) is 0.250. The van der Waals surface area contributed by atoms with E-state index in [-0.39, 0.29) is 0 Å². The molecule has 0 aliphatic carbocycles. The quantitative estimate of drug-likeness (QED) is 0.893. The molecule has 2 N–H and O–H groups in total. The van der Waals surface area contributed by atoms with Gasteiger partial charge in [-0.3, -0.25) is 4.68 Å². The van der Waals surface area contributed by atoms with Gasteiger partial charge < -0.3 is 10.5 Å². The molecule has 0 radical (unpaired) electrons. The van der Waals surface area contributed by atoms with Gasteiger partial charge in [0, 0.05) is 23.7 Å². The number of hydrogen-bond donors (Lipinski definition) is 1. The second-order valence-corrected chi connectivity index (χ2v) is 4.32. The minimum atomic E-state index is 0.474. The third-order valence-electron chi connectivity index (χ3n) is 2.62. The summed E-state index contributed by atoms with van der Waals surface area (Å²) >= 11 is 6.07. The van der Waals surface area contributed by atoms with Crippen LogP contribution in [-0.4, -0.2) is 16.9 Å². The molecule has 5 heteroatoms. The number of nitrogen functional groups attached to an aromatic ring is 1. The normalized spacial score (nSPS) is 10.6. The highest BCUT2D eigenvalue weighted by atomic mass is 35.5. The van der Waals surface area contributed by atoms with Crippen molar-refractivity contribution in [3.63, 3.8) is 0 Å². The summed E-state index contributed by atoms with van der Waals surface area (Å²) in [5.74, 6) is 1.26. The molecule has 1 aromatic heterocycles. The molecule has 17 heavy (non-hydrogen) atoms. The summed E-state index contributed by atoms with van der Waals surface area (Å²) in [4.78, 5) is 0. The Bertz CT molecular complexity index is 563. The van der Waals surface area contributed by atoms with Gasteiger partial charge in [-0.25, -0.2) is 0 Å². The lowest BCUT2D eigenvalue weighted by atomic mass is 10.1. The monoisotopic (exact) mass is 251 g/mol. The highest BCUT2D eigenvalue weighted by molar-refractivity contribution is 6.31. The first-order valence-corrected chi connectivity index (χ1v) is 5.54. The van der Waals surface area contributed by atoms with Crippen molar-refractivity contribution in [1.82, 2.24) is 9.78 Å². The van der Waals surface area contributed by atoms with E-state index in [2.05, 4.69) is 5.10 Å². The summed E-state index contributed by atoms with van der Waals surface area (Å²) in [6.07, 6.45) is 0. The topological polar surface area (TPSA) is 53.1 Å². The Morgan fingerprint density at radius 3 is 2.59 bits per heavy atom. The lowest BCUT2D eigenvalue weighted by Gasteiger charge is -2.12. The Kier molecular flexibility index (Phi) is 2.98. The Morgan fingerprint density at radius 2 is 2.06 bits per heavy atom. The number of halogens is 1. The summed E-state index contributed by atoms with van der Waals surface area (Å²) in [6, 6.07) is 5.51. The number of methoxy groups -OCH3 is 1. The van der Waals surface area contributed by atoms with Crippen LogP contribution in [0.4, 0.5) is 5.82 Å². The Labute approximate surface area is 105 Å². The largest absolute Gasteiger partial charge is 0.496 e. The van der Waals surface area contributed by atoms with Crippen molar-refractivity contribution in [2.24, 2.45) is 7.05 Å². The van der Waals surface area contributed by atoms with Gasteiger partial charge in [-0.15, -0.1) is 0 Å². The third-order valence-corrected chi connectivity index (χ3v) is 2.84. The number of benzene rings is 1. The molecule has 0 saturated heterocycles. The van der Waals surface area contributed by atoms with Crippen molar-refractivity contribution < 1.29 is 4.74 Å². The molecule has 0 atom stereocenters. The van der Waals surface area contributed by atoms with Crippen LogP contribution in [0.5, 0.6) is 5.75 Å². The van der Waals surface area contributed by atoms with Crippen LogP contribution >= 0.6 is 11.6 Å². The van der Waals surface area contributed by atoms with E-state index in [1.807, 2.05) is 26.1 Å². The molecular formula is C12H14ClN3O. The summed E-state index contributed by atoms with van der Waals surface area (Å²) in [5.41, 5.74) is 8.43. The smallest absolute Gasteiger partial charge is 0.146 e. The van der Waals surface area contributed by atoms with E-state index >= 15 is 0 Å². The van der Waals surface area contributed by atoms with Gasteiger partial charge in [-0.2, -0.15) is 5.10 Å². The summed E-state index contributed by atoms with van der Waals surface area (Å²) in [6.45, 7) is 1.95. The van der Waals surface area contributed by atoms with Gasteiger partial charge in [0.15, 0.2) is 0 Å². The minimum Gasteiger partial charge on any atom is -0.496 e. The first kappa shape index (κ1) is 11.8. The molecule has 1 aromatic carbocycles. The van der Waals surface area contributed by atoms with Crippen LogP contribution in [0.25, 0.3) is 11.3 Å². The highest BCUT2D eigenvalue weighted by Gasteiger charge is 2.14. The minimum absolute atomic E-state index is 0.474. The number of aryl methyl sites for hydroxylation is 2. The number of nitrogens with two attached hydrogens (primary N) is 1. The summed E-state index contributed by atoms with van der Waals surface area (Å²) < 4.78 is 7.12. The maximum Gasteiger partial charge on any atom is 0.146 e. The predicted molar refractivity (Wildman–Crippen MR) is 69.4 cm³/mol. The number of rotatable bonds is 2. The number of nitrogens with zero attached hydrogens (tertiary/aromatic N) is 2. The second-order valence-electron chi connectivity index (χ2n) is 3.88. The molecule has 0 aliphatic heterocycles. The van der Waals surface area contributed by atoms with Crippen LogP contribution in [0.15, 0.2) is 18.2 Å². The Hall–Kier alpha value is -1.68. The van der Waals surface area contributed by atoms with Crippen LogP contribution < -0.4 is 10.5 Å². The van der Waals surface area contributed by atoms with Crippen LogP contribution in [-0.2, 0) is 7.05 Å². The molecule has 0 aliphatic rings. The fourth-order valence-corrected chi connectivity index (χ4v) is 2.21. The van der Waals surface area contributed by atoms with Crippen molar-refractivity contribution in [2.45, 2.75) is 6.92 Å². The maximum atomic E-state index is 6.07. The first-order chi connectivity index (χ1) is 8.02. The van der Waals surface area contributed by atoms with E-state index in [1.165, 1.54) is 0 Å². The zero-order valence-electron chi connectivity index (χ0n) is 9.99. The molecule has 0 spiro atoms. The fourth-order valence-electron chi connectivity index (χ4n) is 1.93. The molecule has 0 bridgehead atoms. The van der Waals surface area contributed by atoms with Crippen LogP contribution in [0.1, 0.15) is 5.56 Å². The van der Waals surface area contributed by atoms with Crippen LogP contribution in [0.3, 0.4) is 0 Å². The van der Waals surface area contributed by atoms with Gasteiger partial charge >= 0.3 is 0 Å². The van der Waals surface area contributed by atoms with Crippen molar-refractivity contribution >= 4 is 17.4 Å². The van der Waals surface area contributed by atoms with Crippen LogP contribution in [0, 0.1) is 6.92 Å². The molecule has 1 heterocycles. The number of hydrogen-bond acceptors (Lipinski definition) is 3. The first-order valence-electron chi connectivity index (χ1n) is 5.17. The maximum absolute atomic E-state index is 6.07. The summed E-state index contributed by atoms with van der Waals surface area (Å²) in [5, 5.41) is 4.78. The van der Waals surface area contributed by atoms with Gasteiger partial charge in [0.05, 0.1) is 12.8 Å². The van der Waals surface area contributed by atoms with E-state index in [0.29, 0.717) is 10.8 Å². The number of aromatic nitrogens is 2. The molecule has 0 amide bonds. The van der Waals surface area contributed by atoms with E-state index in [4.69, 9.17) is 22.1 Å².